The van der Waals surface area contributed by atoms with Crippen molar-refractivity contribution in [3.05, 3.63) is 35.4 Å². The number of rotatable bonds is 3. The molecule has 5 heteroatoms. The quantitative estimate of drug-likeness (QED) is 0.857. The Labute approximate surface area is 112 Å². The molecule has 0 unspecified atom stereocenters. The average molecular weight is 261 g/mol. The maximum atomic E-state index is 12.2. The highest BCUT2D eigenvalue weighted by Crippen LogP contribution is 2.34. The third-order valence-corrected chi connectivity index (χ3v) is 3.65. The van der Waals surface area contributed by atoms with Crippen LogP contribution in [0.25, 0.3) is 0 Å². The van der Waals surface area contributed by atoms with Crippen LogP contribution in [0, 0.1) is 0 Å². The van der Waals surface area contributed by atoms with Gasteiger partial charge in [-0.05, 0) is 30.9 Å². The van der Waals surface area contributed by atoms with E-state index >= 15 is 0 Å². The van der Waals surface area contributed by atoms with Crippen molar-refractivity contribution in [2.45, 2.75) is 31.8 Å². The van der Waals surface area contributed by atoms with Crippen LogP contribution in [0.2, 0.25) is 0 Å². The minimum absolute atomic E-state index is 0.0841. The monoisotopic (exact) mass is 261 g/mol. The molecule has 19 heavy (non-hydrogen) atoms. The minimum atomic E-state index is -0.680. The molecule has 0 saturated carbocycles. The number of hydrogen-bond acceptors (Lipinski definition) is 2. The Balaban J connectivity index is 2.11. The molecule has 1 aromatic carbocycles. The zero-order valence-electron chi connectivity index (χ0n) is 11.2. The number of carbonyl (C=O) groups is 2. The maximum Gasteiger partial charge on any atom is 0.312 e. The Bertz CT molecular complexity index is 501. The molecule has 1 aliphatic carbocycles. The molecule has 1 aliphatic rings. The number of likely N-dealkylation sites (N-methyl/N-ethyl adjacent to an activating group) is 1. The standard InChI is InChI=1S/C14H19N3O2/c1-9(16-14(15)19)13(18)17(2)12-8-7-10-5-3-4-6-11(10)12/h3-6,9,12H,7-8H2,1-2H3,(H3,15,16,19)/t9-,12-/m0/s1. The number of nitrogens with two attached hydrogens (primary N) is 1. The number of primary amides is 1. The van der Waals surface area contributed by atoms with Crippen molar-refractivity contribution < 1.29 is 9.59 Å². The third kappa shape index (κ3) is 2.70. The molecule has 0 aliphatic heterocycles. The topological polar surface area (TPSA) is 75.4 Å². The van der Waals surface area contributed by atoms with Gasteiger partial charge in [0, 0.05) is 7.05 Å². The van der Waals surface area contributed by atoms with Crippen molar-refractivity contribution in [2.75, 3.05) is 7.05 Å². The largest absolute Gasteiger partial charge is 0.352 e. The van der Waals surface area contributed by atoms with Crippen molar-refractivity contribution in [3.8, 4) is 0 Å². The van der Waals surface area contributed by atoms with Crippen molar-refractivity contribution in [3.63, 3.8) is 0 Å². The fourth-order valence-corrected chi connectivity index (χ4v) is 2.67. The van der Waals surface area contributed by atoms with Crippen LogP contribution in [0.15, 0.2) is 24.3 Å². The molecule has 0 spiro atoms. The molecule has 2 atom stereocenters. The second-order valence-electron chi connectivity index (χ2n) is 4.93. The molecule has 0 fully saturated rings. The van der Waals surface area contributed by atoms with Crippen LogP contribution in [0.4, 0.5) is 4.79 Å². The van der Waals surface area contributed by atoms with Gasteiger partial charge in [0.15, 0.2) is 0 Å². The van der Waals surface area contributed by atoms with Crippen molar-refractivity contribution in [1.82, 2.24) is 10.2 Å². The summed E-state index contributed by atoms with van der Waals surface area (Å²) in [7, 11) is 1.77. The van der Waals surface area contributed by atoms with E-state index < -0.39 is 12.1 Å². The molecule has 3 amide bonds. The lowest BCUT2D eigenvalue weighted by molar-refractivity contribution is -0.133. The Morgan fingerprint density at radius 1 is 1.42 bits per heavy atom. The fourth-order valence-electron chi connectivity index (χ4n) is 2.67. The Hall–Kier alpha value is -2.04. The van der Waals surface area contributed by atoms with Gasteiger partial charge in [0.05, 0.1) is 6.04 Å². The molecule has 1 aromatic rings. The Kier molecular flexibility index (Phi) is 3.74. The van der Waals surface area contributed by atoms with Crippen molar-refractivity contribution in [2.24, 2.45) is 5.73 Å². The van der Waals surface area contributed by atoms with Gasteiger partial charge >= 0.3 is 6.03 Å². The molecule has 0 aromatic heterocycles. The van der Waals surface area contributed by atoms with Crippen LogP contribution < -0.4 is 11.1 Å². The van der Waals surface area contributed by atoms with Crippen LogP contribution >= 0.6 is 0 Å². The van der Waals surface area contributed by atoms with Crippen LogP contribution in [0.1, 0.15) is 30.5 Å². The first-order chi connectivity index (χ1) is 9.00. The molecular weight excluding hydrogens is 242 g/mol. The van der Waals surface area contributed by atoms with Gasteiger partial charge < -0.3 is 16.0 Å². The summed E-state index contributed by atoms with van der Waals surface area (Å²) in [5.74, 6) is -0.125. The number of hydrogen-bond donors (Lipinski definition) is 2. The van der Waals surface area contributed by atoms with Crippen molar-refractivity contribution >= 4 is 11.9 Å². The number of carbonyl (C=O) groups excluding carboxylic acids is 2. The predicted octanol–water partition coefficient (Wildman–Crippen LogP) is 1.19. The lowest BCUT2D eigenvalue weighted by Crippen LogP contribution is -2.48. The maximum absolute atomic E-state index is 12.2. The van der Waals surface area contributed by atoms with Crippen molar-refractivity contribution in [1.29, 1.82) is 0 Å². The van der Waals surface area contributed by atoms with E-state index in [2.05, 4.69) is 17.4 Å². The number of nitrogens with zero attached hydrogens (tertiary/aromatic N) is 1. The lowest BCUT2D eigenvalue weighted by atomic mass is 10.1. The molecule has 0 bridgehead atoms. The molecule has 102 valence electrons. The molecule has 2 rings (SSSR count). The zero-order chi connectivity index (χ0) is 14.0. The van der Waals surface area contributed by atoms with Crippen LogP contribution in [-0.2, 0) is 11.2 Å². The number of nitrogens with one attached hydrogen (secondary N) is 1. The number of amides is 3. The smallest absolute Gasteiger partial charge is 0.312 e. The highest BCUT2D eigenvalue weighted by Gasteiger charge is 2.30. The molecule has 0 radical (unpaired) electrons. The minimum Gasteiger partial charge on any atom is -0.352 e. The normalized spacial score (nSPS) is 18.5. The van der Waals surface area contributed by atoms with Gasteiger partial charge in [0.2, 0.25) is 5.91 Å². The Morgan fingerprint density at radius 3 is 2.79 bits per heavy atom. The van der Waals surface area contributed by atoms with Gasteiger partial charge in [-0.15, -0.1) is 0 Å². The van der Waals surface area contributed by atoms with Gasteiger partial charge in [-0.2, -0.15) is 0 Å². The van der Waals surface area contributed by atoms with E-state index in [1.807, 2.05) is 12.1 Å². The number of fused-ring (bicyclic) bond motifs is 1. The molecule has 3 N–H and O–H groups in total. The first-order valence-corrected chi connectivity index (χ1v) is 6.41. The van der Waals surface area contributed by atoms with Gasteiger partial charge in [-0.3, -0.25) is 4.79 Å². The SMILES string of the molecule is C[C@H](NC(N)=O)C(=O)N(C)[C@H]1CCc2ccccc21. The first-order valence-electron chi connectivity index (χ1n) is 6.41. The van der Waals surface area contributed by atoms with Gasteiger partial charge in [0.1, 0.15) is 6.04 Å². The second kappa shape index (κ2) is 5.30. The predicted molar refractivity (Wildman–Crippen MR) is 72.5 cm³/mol. The lowest BCUT2D eigenvalue weighted by Gasteiger charge is -2.28. The van der Waals surface area contributed by atoms with E-state index in [1.54, 1.807) is 18.9 Å². The third-order valence-electron chi connectivity index (χ3n) is 3.65. The van der Waals surface area contributed by atoms with E-state index in [4.69, 9.17) is 5.73 Å². The first kappa shape index (κ1) is 13.4. The average Bonchev–Trinajstić information content (AvgIpc) is 2.80. The fraction of sp³-hybridized carbons (Fsp3) is 0.429. The van der Waals surface area contributed by atoms with Crippen LogP contribution in [0.3, 0.4) is 0 Å². The summed E-state index contributed by atoms with van der Waals surface area (Å²) < 4.78 is 0. The zero-order valence-corrected chi connectivity index (χ0v) is 11.2. The van der Waals surface area contributed by atoms with E-state index in [-0.39, 0.29) is 11.9 Å². The number of benzene rings is 1. The Morgan fingerprint density at radius 2 is 2.11 bits per heavy atom. The highest BCUT2D eigenvalue weighted by molar-refractivity contribution is 5.86. The molecule has 0 saturated heterocycles. The van der Waals surface area contributed by atoms with E-state index in [1.165, 1.54) is 11.1 Å². The van der Waals surface area contributed by atoms with Gasteiger partial charge in [0.25, 0.3) is 0 Å². The summed E-state index contributed by atoms with van der Waals surface area (Å²) in [4.78, 5) is 24.7. The summed E-state index contributed by atoms with van der Waals surface area (Å²) in [6.07, 6.45) is 1.90. The van der Waals surface area contributed by atoms with Gasteiger partial charge in [-0.1, -0.05) is 24.3 Å². The van der Waals surface area contributed by atoms with E-state index in [0.29, 0.717) is 0 Å². The summed E-state index contributed by atoms with van der Waals surface area (Å²) in [5, 5.41) is 2.42. The summed E-state index contributed by atoms with van der Waals surface area (Å²) in [6.45, 7) is 1.64. The van der Waals surface area contributed by atoms with E-state index in [9.17, 15) is 9.59 Å². The van der Waals surface area contributed by atoms with E-state index in [0.717, 1.165) is 12.8 Å². The second-order valence-corrected chi connectivity index (χ2v) is 4.93. The van der Waals surface area contributed by atoms with Gasteiger partial charge in [-0.25, -0.2) is 4.79 Å². The number of aryl methyl sites for hydroxylation is 1. The summed E-state index contributed by atoms with van der Waals surface area (Å²) >= 11 is 0. The molecular formula is C14H19N3O2. The molecule has 5 nitrogen and oxygen atoms in total. The summed E-state index contributed by atoms with van der Waals surface area (Å²) in [6, 6.07) is 6.96. The molecule has 0 heterocycles. The van der Waals surface area contributed by atoms with Crippen LogP contribution in [-0.4, -0.2) is 29.9 Å². The van der Waals surface area contributed by atoms with Crippen LogP contribution in [0.5, 0.6) is 0 Å². The summed E-state index contributed by atoms with van der Waals surface area (Å²) in [5.41, 5.74) is 7.53. The highest BCUT2D eigenvalue weighted by atomic mass is 16.2. The number of urea groups is 1.